The Hall–Kier alpha value is -2.83. The van der Waals surface area contributed by atoms with Gasteiger partial charge in [0.2, 0.25) is 17.7 Å². The number of likely N-dealkylation sites (tertiary alicyclic amines) is 1. The van der Waals surface area contributed by atoms with Gasteiger partial charge in [-0.15, -0.1) is 0 Å². The molecule has 0 aromatic heterocycles. The fourth-order valence-electron chi connectivity index (χ4n) is 3.70. The van der Waals surface area contributed by atoms with E-state index in [0.29, 0.717) is 24.3 Å². The Labute approximate surface area is 158 Å². The Morgan fingerprint density at radius 2 is 1.74 bits per heavy atom. The van der Waals surface area contributed by atoms with Crippen molar-refractivity contribution in [1.29, 1.82) is 0 Å². The topological polar surface area (TPSA) is 76.2 Å². The van der Waals surface area contributed by atoms with Crippen LogP contribution in [0.15, 0.2) is 30.4 Å². The third kappa shape index (κ3) is 3.54. The molecule has 1 fully saturated rings. The highest BCUT2D eigenvalue weighted by atomic mass is 16.5. The van der Waals surface area contributed by atoms with Crippen LogP contribution in [0.2, 0.25) is 0 Å². The summed E-state index contributed by atoms with van der Waals surface area (Å²) in [5.74, 6) is -0.279. The number of carbonyl (C=O) groups excluding carboxylic acids is 3. The van der Waals surface area contributed by atoms with Crippen molar-refractivity contribution in [3.05, 3.63) is 35.9 Å². The van der Waals surface area contributed by atoms with Gasteiger partial charge in [-0.25, -0.2) is 0 Å². The van der Waals surface area contributed by atoms with Gasteiger partial charge in [-0.1, -0.05) is 24.3 Å². The van der Waals surface area contributed by atoms with Crippen molar-refractivity contribution in [1.82, 2.24) is 9.80 Å². The minimum absolute atomic E-state index is 0.229. The number of fused-ring (bicyclic) bond motifs is 1. The van der Waals surface area contributed by atoms with Gasteiger partial charge < -0.3 is 14.4 Å². The number of rotatable bonds is 6. The Kier molecular flexibility index (Phi) is 5.48. The fourth-order valence-corrected chi connectivity index (χ4v) is 3.70. The molecule has 0 spiro atoms. The summed E-state index contributed by atoms with van der Waals surface area (Å²) in [6.45, 7) is 0.0529. The molecular formula is C20H24N2O5. The van der Waals surface area contributed by atoms with E-state index in [1.165, 1.54) is 4.90 Å². The monoisotopic (exact) mass is 372 g/mol. The summed E-state index contributed by atoms with van der Waals surface area (Å²) in [5.41, 5.74) is 0.782. The number of hydrogen-bond donors (Lipinski definition) is 0. The molecule has 1 aliphatic heterocycles. The van der Waals surface area contributed by atoms with E-state index in [4.69, 9.17) is 9.47 Å². The second-order valence-electron chi connectivity index (χ2n) is 6.82. The number of ether oxygens (including phenoxy) is 2. The smallest absolute Gasteiger partial charge is 0.242 e. The maximum atomic E-state index is 12.6. The average Bonchev–Trinajstić information content (AvgIpc) is 2.92. The van der Waals surface area contributed by atoms with E-state index >= 15 is 0 Å². The van der Waals surface area contributed by atoms with E-state index in [1.807, 2.05) is 24.3 Å². The van der Waals surface area contributed by atoms with Crippen molar-refractivity contribution in [2.24, 2.45) is 11.8 Å². The first-order chi connectivity index (χ1) is 13.0. The molecule has 144 valence electrons. The Bertz CT molecular complexity index is 763. The first-order valence-corrected chi connectivity index (χ1v) is 8.92. The van der Waals surface area contributed by atoms with E-state index in [9.17, 15) is 14.4 Å². The summed E-state index contributed by atoms with van der Waals surface area (Å²) >= 11 is 0. The highest BCUT2D eigenvalue weighted by Gasteiger charge is 2.47. The van der Waals surface area contributed by atoms with Crippen LogP contribution in [-0.4, -0.2) is 55.3 Å². The standard InChI is InChI=1S/C20H24N2O5/c1-21(11-13-7-6-10-16(26-2)18(13)27-3)17(23)12-22-19(24)14-8-4-5-9-15(14)20(22)25/h4-7,10,14-15H,8-9,11-12H2,1-3H3. The van der Waals surface area contributed by atoms with Crippen molar-refractivity contribution >= 4 is 17.7 Å². The van der Waals surface area contributed by atoms with Gasteiger partial charge in [-0.3, -0.25) is 19.3 Å². The molecule has 0 saturated carbocycles. The summed E-state index contributed by atoms with van der Waals surface area (Å²) in [7, 11) is 4.73. The minimum Gasteiger partial charge on any atom is -0.493 e. The van der Waals surface area contributed by atoms with Crippen molar-refractivity contribution in [2.45, 2.75) is 19.4 Å². The molecule has 0 bridgehead atoms. The predicted octanol–water partition coefficient (Wildman–Crippen LogP) is 1.61. The minimum atomic E-state index is -0.320. The average molecular weight is 372 g/mol. The van der Waals surface area contributed by atoms with Gasteiger partial charge in [0.1, 0.15) is 6.54 Å². The van der Waals surface area contributed by atoms with Crippen LogP contribution in [0, 0.1) is 11.8 Å². The number of nitrogens with zero attached hydrogens (tertiary/aromatic N) is 2. The molecule has 7 nitrogen and oxygen atoms in total. The van der Waals surface area contributed by atoms with Crippen molar-refractivity contribution in [2.75, 3.05) is 27.8 Å². The molecule has 0 N–H and O–H groups in total. The number of para-hydroxylation sites is 1. The summed E-state index contributed by atoms with van der Waals surface area (Å²) in [4.78, 5) is 40.3. The van der Waals surface area contributed by atoms with Crippen LogP contribution in [-0.2, 0) is 20.9 Å². The molecule has 2 aliphatic rings. The molecule has 1 aliphatic carbocycles. The molecule has 1 saturated heterocycles. The van der Waals surface area contributed by atoms with E-state index in [1.54, 1.807) is 27.3 Å². The highest BCUT2D eigenvalue weighted by molar-refractivity contribution is 6.07. The first kappa shape index (κ1) is 18.9. The Balaban J connectivity index is 1.68. The molecule has 3 amide bonds. The Morgan fingerprint density at radius 3 is 2.30 bits per heavy atom. The number of carbonyl (C=O) groups is 3. The Morgan fingerprint density at radius 1 is 1.11 bits per heavy atom. The van der Waals surface area contributed by atoms with Crippen LogP contribution in [0.3, 0.4) is 0 Å². The van der Waals surface area contributed by atoms with Crippen LogP contribution in [0.1, 0.15) is 18.4 Å². The maximum Gasteiger partial charge on any atom is 0.242 e. The van der Waals surface area contributed by atoms with Crippen LogP contribution >= 0.6 is 0 Å². The second-order valence-corrected chi connectivity index (χ2v) is 6.82. The van der Waals surface area contributed by atoms with Gasteiger partial charge in [0.15, 0.2) is 11.5 Å². The molecule has 3 rings (SSSR count). The van der Waals surface area contributed by atoms with Crippen LogP contribution in [0.4, 0.5) is 0 Å². The molecule has 7 heteroatoms. The molecule has 1 aromatic rings. The van der Waals surface area contributed by atoms with Crippen LogP contribution < -0.4 is 9.47 Å². The van der Waals surface area contributed by atoms with Crippen molar-refractivity contribution in [3.63, 3.8) is 0 Å². The van der Waals surface area contributed by atoms with Gasteiger partial charge in [-0.05, 0) is 18.9 Å². The lowest BCUT2D eigenvalue weighted by Crippen LogP contribution is -2.41. The molecule has 1 aromatic carbocycles. The lowest BCUT2D eigenvalue weighted by molar-refractivity contribution is -0.146. The number of methoxy groups -OCH3 is 2. The molecule has 0 radical (unpaired) electrons. The van der Waals surface area contributed by atoms with E-state index < -0.39 is 0 Å². The quantitative estimate of drug-likeness (QED) is 0.560. The van der Waals surface area contributed by atoms with Crippen molar-refractivity contribution < 1.29 is 23.9 Å². The van der Waals surface area contributed by atoms with Crippen LogP contribution in [0.5, 0.6) is 11.5 Å². The number of amides is 3. The van der Waals surface area contributed by atoms with E-state index in [2.05, 4.69) is 0 Å². The summed E-state index contributed by atoms with van der Waals surface area (Å²) in [5, 5.41) is 0. The molecule has 2 atom stereocenters. The predicted molar refractivity (Wildman–Crippen MR) is 98.1 cm³/mol. The van der Waals surface area contributed by atoms with Crippen molar-refractivity contribution in [3.8, 4) is 11.5 Å². The summed E-state index contributed by atoms with van der Waals surface area (Å²) in [6.07, 6.45) is 4.99. The van der Waals surface area contributed by atoms with Crippen LogP contribution in [0.25, 0.3) is 0 Å². The third-order valence-electron chi connectivity index (χ3n) is 5.21. The molecule has 1 heterocycles. The number of likely N-dealkylation sites (N-methyl/N-ethyl adjacent to an activating group) is 1. The van der Waals surface area contributed by atoms with Gasteiger partial charge in [0.05, 0.1) is 26.1 Å². The summed E-state index contributed by atoms with van der Waals surface area (Å²) < 4.78 is 10.7. The largest absolute Gasteiger partial charge is 0.493 e. The SMILES string of the molecule is COc1cccc(CN(C)C(=O)CN2C(=O)C3CC=CCC3C2=O)c1OC. The lowest BCUT2D eigenvalue weighted by atomic mass is 9.85. The van der Waals surface area contributed by atoms with Gasteiger partial charge in [0.25, 0.3) is 0 Å². The fraction of sp³-hybridized carbons (Fsp3) is 0.450. The summed E-state index contributed by atoms with van der Waals surface area (Å²) in [6, 6.07) is 5.44. The number of allylic oxidation sites excluding steroid dienone is 2. The van der Waals surface area contributed by atoms with E-state index in [-0.39, 0.29) is 42.6 Å². The number of benzene rings is 1. The zero-order chi connectivity index (χ0) is 19.6. The van der Waals surface area contributed by atoms with E-state index in [0.717, 1.165) is 10.5 Å². The molecule has 2 unspecified atom stereocenters. The zero-order valence-electron chi connectivity index (χ0n) is 15.8. The van der Waals surface area contributed by atoms with Gasteiger partial charge in [0, 0.05) is 19.2 Å². The normalized spacial score (nSPS) is 21.2. The number of hydrogen-bond acceptors (Lipinski definition) is 5. The molecule has 27 heavy (non-hydrogen) atoms. The first-order valence-electron chi connectivity index (χ1n) is 8.92. The zero-order valence-corrected chi connectivity index (χ0v) is 15.8. The maximum absolute atomic E-state index is 12.6. The van der Waals surface area contributed by atoms with Gasteiger partial charge in [-0.2, -0.15) is 0 Å². The third-order valence-corrected chi connectivity index (χ3v) is 5.21. The second kappa shape index (κ2) is 7.82. The molecular weight excluding hydrogens is 348 g/mol. The number of imide groups is 1. The highest BCUT2D eigenvalue weighted by Crippen LogP contribution is 2.35. The van der Waals surface area contributed by atoms with Gasteiger partial charge >= 0.3 is 0 Å². The lowest BCUT2D eigenvalue weighted by Gasteiger charge is -2.22.